The summed E-state index contributed by atoms with van der Waals surface area (Å²) in [7, 11) is 0. The van der Waals surface area contributed by atoms with Crippen molar-refractivity contribution in [1.82, 2.24) is 0 Å². The van der Waals surface area contributed by atoms with E-state index in [0.717, 1.165) is 5.92 Å². The summed E-state index contributed by atoms with van der Waals surface area (Å²) in [4.78, 5) is 0. The lowest BCUT2D eigenvalue weighted by atomic mass is 9.70. The van der Waals surface area contributed by atoms with E-state index in [1.807, 2.05) is 0 Å². The van der Waals surface area contributed by atoms with Gasteiger partial charge in [0.15, 0.2) is 0 Å². The molecule has 2 aliphatic rings. The van der Waals surface area contributed by atoms with Crippen molar-refractivity contribution < 1.29 is 4.74 Å². The average Bonchev–Trinajstić information content (AvgIpc) is 3.01. The van der Waals surface area contributed by atoms with Gasteiger partial charge in [0, 0.05) is 6.54 Å². The molecule has 2 nitrogen and oxygen atoms in total. The van der Waals surface area contributed by atoms with Gasteiger partial charge in [0.05, 0.1) is 12.2 Å². The first-order chi connectivity index (χ1) is 8.99. The Bertz CT molecular complexity index is 442. The normalized spacial score (nSPS) is 37.7. The molecule has 4 atom stereocenters. The first-order valence-corrected chi connectivity index (χ1v) is 8.31. The predicted molar refractivity (Wildman–Crippen MR) is 80.2 cm³/mol. The summed E-state index contributed by atoms with van der Waals surface area (Å²) < 4.78 is 6.46. The van der Waals surface area contributed by atoms with Crippen LogP contribution in [0, 0.1) is 16.7 Å². The topological polar surface area (TPSA) is 35.2 Å². The molecule has 2 saturated carbocycles. The van der Waals surface area contributed by atoms with Gasteiger partial charge in [-0.15, -0.1) is 0 Å². The second kappa shape index (κ2) is 4.57. The number of ether oxygens (including phenoxy) is 1. The van der Waals surface area contributed by atoms with Crippen LogP contribution in [0.15, 0.2) is 16.8 Å². The molecule has 0 amide bonds. The molecule has 1 aromatic rings. The minimum atomic E-state index is 0.0724. The van der Waals surface area contributed by atoms with Gasteiger partial charge >= 0.3 is 0 Å². The van der Waals surface area contributed by atoms with Gasteiger partial charge in [-0.2, -0.15) is 11.3 Å². The van der Waals surface area contributed by atoms with Crippen molar-refractivity contribution in [2.45, 2.75) is 52.2 Å². The Labute approximate surface area is 120 Å². The van der Waals surface area contributed by atoms with Gasteiger partial charge in [-0.3, -0.25) is 0 Å². The van der Waals surface area contributed by atoms with E-state index in [1.54, 1.807) is 11.3 Å². The van der Waals surface area contributed by atoms with E-state index < -0.39 is 0 Å². The molecule has 19 heavy (non-hydrogen) atoms. The predicted octanol–water partition coefficient (Wildman–Crippen LogP) is 3.98. The smallest absolute Gasteiger partial charge is 0.0959 e. The third kappa shape index (κ3) is 1.90. The van der Waals surface area contributed by atoms with Crippen molar-refractivity contribution in [3.63, 3.8) is 0 Å². The molecular weight excluding hydrogens is 254 g/mol. The van der Waals surface area contributed by atoms with Gasteiger partial charge in [-0.1, -0.05) is 20.8 Å². The second-order valence-electron chi connectivity index (χ2n) is 7.02. The van der Waals surface area contributed by atoms with Crippen LogP contribution in [-0.4, -0.2) is 12.6 Å². The third-order valence-corrected chi connectivity index (χ3v) is 6.87. The molecule has 106 valence electrons. The van der Waals surface area contributed by atoms with Crippen LogP contribution in [0.25, 0.3) is 0 Å². The molecule has 0 radical (unpaired) electrons. The van der Waals surface area contributed by atoms with Gasteiger partial charge in [0.1, 0.15) is 0 Å². The monoisotopic (exact) mass is 279 g/mol. The van der Waals surface area contributed by atoms with E-state index >= 15 is 0 Å². The molecule has 3 heteroatoms. The lowest BCUT2D eigenvalue weighted by Crippen LogP contribution is -2.38. The van der Waals surface area contributed by atoms with Gasteiger partial charge in [0.25, 0.3) is 0 Å². The molecular formula is C16H25NOS. The lowest BCUT2D eigenvalue weighted by Gasteiger charge is -2.40. The molecule has 0 aliphatic heterocycles. The highest BCUT2D eigenvalue weighted by Gasteiger charge is 2.62. The minimum Gasteiger partial charge on any atom is -0.368 e. The zero-order chi connectivity index (χ0) is 13.7. The van der Waals surface area contributed by atoms with Gasteiger partial charge in [0.2, 0.25) is 0 Å². The number of nitrogens with two attached hydrogens (primary N) is 1. The van der Waals surface area contributed by atoms with Crippen LogP contribution < -0.4 is 5.73 Å². The summed E-state index contributed by atoms with van der Waals surface area (Å²) in [5.41, 5.74) is 7.91. The lowest BCUT2D eigenvalue weighted by molar-refractivity contribution is -0.0847. The number of fused-ring (bicyclic) bond motifs is 2. The summed E-state index contributed by atoms with van der Waals surface area (Å²) in [6, 6.07) is 2.14. The summed E-state index contributed by atoms with van der Waals surface area (Å²) in [6.07, 6.45) is 4.33. The number of hydrogen-bond acceptors (Lipinski definition) is 3. The molecule has 4 unspecified atom stereocenters. The Morgan fingerprint density at radius 3 is 2.74 bits per heavy atom. The largest absolute Gasteiger partial charge is 0.368 e. The maximum Gasteiger partial charge on any atom is 0.0959 e. The summed E-state index contributed by atoms with van der Waals surface area (Å²) in [6.45, 7) is 7.85. The molecule has 2 fully saturated rings. The van der Waals surface area contributed by atoms with Crippen LogP contribution in [0.3, 0.4) is 0 Å². The highest BCUT2D eigenvalue weighted by molar-refractivity contribution is 7.07. The van der Waals surface area contributed by atoms with E-state index in [0.29, 0.717) is 23.5 Å². The minimum absolute atomic E-state index is 0.0724. The summed E-state index contributed by atoms with van der Waals surface area (Å²) >= 11 is 1.72. The van der Waals surface area contributed by atoms with Gasteiger partial charge in [-0.05, 0) is 58.4 Å². The average molecular weight is 279 g/mol. The van der Waals surface area contributed by atoms with Crippen molar-refractivity contribution >= 4 is 11.3 Å². The van der Waals surface area contributed by atoms with Gasteiger partial charge < -0.3 is 10.5 Å². The standard InChI is InChI=1S/C16H25NOS/c1-15(2)12-4-6-16(15,3)14(8-12)18-13(9-17)11-5-7-19-10-11/h5,7,10,12-14H,4,6,8-9,17H2,1-3H3. The Morgan fingerprint density at radius 1 is 1.47 bits per heavy atom. The zero-order valence-corrected chi connectivity index (χ0v) is 13.0. The maximum atomic E-state index is 6.46. The molecule has 2 aliphatic carbocycles. The molecule has 0 spiro atoms. The Morgan fingerprint density at radius 2 is 2.26 bits per heavy atom. The van der Waals surface area contributed by atoms with Crippen molar-refractivity contribution in [3.8, 4) is 0 Å². The molecule has 1 heterocycles. The molecule has 0 saturated heterocycles. The summed E-state index contributed by atoms with van der Waals surface area (Å²) in [5.74, 6) is 0.823. The quantitative estimate of drug-likeness (QED) is 0.905. The fraction of sp³-hybridized carbons (Fsp3) is 0.750. The van der Waals surface area contributed by atoms with Crippen LogP contribution in [0.1, 0.15) is 51.7 Å². The molecule has 0 aromatic carbocycles. The van der Waals surface area contributed by atoms with Crippen molar-refractivity contribution in [3.05, 3.63) is 22.4 Å². The number of thiophene rings is 1. The first kappa shape index (κ1) is 13.6. The van der Waals surface area contributed by atoms with Crippen molar-refractivity contribution in [2.75, 3.05) is 6.54 Å². The molecule has 2 N–H and O–H groups in total. The SMILES string of the molecule is CC1(C)C2CCC1(C)C(OC(CN)c1ccsc1)C2. The van der Waals surface area contributed by atoms with Crippen molar-refractivity contribution in [2.24, 2.45) is 22.5 Å². The summed E-state index contributed by atoms with van der Waals surface area (Å²) in [5, 5.41) is 4.27. The maximum absolute atomic E-state index is 6.46. The number of rotatable bonds is 4. The Balaban J connectivity index is 1.78. The van der Waals surface area contributed by atoms with Crippen molar-refractivity contribution in [1.29, 1.82) is 0 Å². The second-order valence-corrected chi connectivity index (χ2v) is 7.80. The zero-order valence-electron chi connectivity index (χ0n) is 12.2. The third-order valence-electron chi connectivity index (χ3n) is 6.17. The number of hydrogen-bond donors (Lipinski definition) is 1. The van der Waals surface area contributed by atoms with E-state index in [1.165, 1.54) is 24.8 Å². The highest BCUT2D eigenvalue weighted by Crippen LogP contribution is 2.66. The van der Waals surface area contributed by atoms with Gasteiger partial charge in [-0.25, -0.2) is 0 Å². The van der Waals surface area contributed by atoms with Crippen LogP contribution in [-0.2, 0) is 4.74 Å². The van der Waals surface area contributed by atoms with E-state index in [2.05, 4.69) is 37.6 Å². The first-order valence-electron chi connectivity index (χ1n) is 7.36. The highest BCUT2D eigenvalue weighted by atomic mass is 32.1. The Kier molecular flexibility index (Phi) is 3.27. The van der Waals surface area contributed by atoms with Crippen LogP contribution >= 0.6 is 11.3 Å². The fourth-order valence-corrected chi connectivity index (χ4v) is 4.96. The van der Waals surface area contributed by atoms with Crippen LogP contribution in [0.2, 0.25) is 0 Å². The van der Waals surface area contributed by atoms with E-state index in [-0.39, 0.29) is 6.10 Å². The molecule has 1 aromatic heterocycles. The molecule has 3 rings (SSSR count). The van der Waals surface area contributed by atoms with E-state index in [4.69, 9.17) is 10.5 Å². The Hall–Kier alpha value is -0.380. The molecule has 2 bridgehead atoms. The van der Waals surface area contributed by atoms with Crippen LogP contribution in [0.5, 0.6) is 0 Å². The fourth-order valence-electron chi connectivity index (χ4n) is 4.26. The van der Waals surface area contributed by atoms with Crippen LogP contribution in [0.4, 0.5) is 0 Å². The van der Waals surface area contributed by atoms with E-state index in [9.17, 15) is 0 Å².